The molecule has 0 rings (SSSR count). The molecule has 2 atom stereocenters. The standard InChI is InChI=1S/C39H70O6/c1-3-5-7-8-9-10-11-12-13-14-15-18-21-24-28-32-38(42)44-34-37(41)35-45-39(43)33-29-25-22-19-16-17-20-23-27-31-36(40)30-26-6-4-2/h6,20,23,26-27,31,36-37,40-41H,3-5,7-19,21-22,24-25,28-30,32-35H2,1-2H3/b23-20+,26-6+,31-27+/t36?,37-/m0/s1. The van der Waals surface area contributed by atoms with Crippen LogP contribution in [0.15, 0.2) is 36.5 Å². The van der Waals surface area contributed by atoms with Gasteiger partial charge in [0.2, 0.25) is 0 Å². The first-order valence-corrected chi connectivity index (χ1v) is 18.6. The zero-order valence-electron chi connectivity index (χ0n) is 29.2. The lowest BCUT2D eigenvalue weighted by Crippen LogP contribution is -2.25. The Morgan fingerprint density at radius 3 is 1.47 bits per heavy atom. The summed E-state index contributed by atoms with van der Waals surface area (Å²) in [5.74, 6) is -0.614. The third kappa shape index (κ3) is 34.8. The lowest BCUT2D eigenvalue weighted by atomic mass is 10.0. The van der Waals surface area contributed by atoms with E-state index in [1.807, 2.05) is 24.3 Å². The number of ether oxygens (including phenoxy) is 2. The van der Waals surface area contributed by atoms with Crippen molar-refractivity contribution in [3.63, 3.8) is 0 Å². The Morgan fingerprint density at radius 2 is 1.00 bits per heavy atom. The fourth-order valence-corrected chi connectivity index (χ4v) is 5.12. The summed E-state index contributed by atoms with van der Waals surface area (Å²) in [5.41, 5.74) is 0. The average Bonchev–Trinajstić information content (AvgIpc) is 3.03. The minimum atomic E-state index is -0.983. The summed E-state index contributed by atoms with van der Waals surface area (Å²) in [6.07, 6.45) is 38.1. The van der Waals surface area contributed by atoms with Gasteiger partial charge in [-0.25, -0.2) is 0 Å². The van der Waals surface area contributed by atoms with Crippen LogP contribution in [0.4, 0.5) is 0 Å². The minimum Gasteiger partial charge on any atom is -0.463 e. The third-order valence-corrected chi connectivity index (χ3v) is 7.97. The third-order valence-electron chi connectivity index (χ3n) is 7.97. The smallest absolute Gasteiger partial charge is 0.305 e. The Bertz CT molecular complexity index is 744. The van der Waals surface area contributed by atoms with Gasteiger partial charge in [-0.05, 0) is 38.5 Å². The molecule has 0 aromatic heterocycles. The van der Waals surface area contributed by atoms with E-state index in [0.717, 1.165) is 64.2 Å². The van der Waals surface area contributed by atoms with Crippen molar-refractivity contribution in [2.45, 2.75) is 187 Å². The zero-order chi connectivity index (χ0) is 33.1. The van der Waals surface area contributed by atoms with Crippen LogP contribution in [-0.4, -0.2) is 47.6 Å². The molecule has 0 aromatic rings. The largest absolute Gasteiger partial charge is 0.463 e. The van der Waals surface area contributed by atoms with Crippen LogP contribution in [0.25, 0.3) is 0 Å². The first-order valence-electron chi connectivity index (χ1n) is 18.6. The van der Waals surface area contributed by atoms with Crippen LogP contribution in [0, 0.1) is 0 Å². The van der Waals surface area contributed by atoms with E-state index in [2.05, 4.69) is 26.0 Å². The number of hydrogen-bond donors (Lipinski definition) is 2. The first-order chi connectivity index (χ1) is 22.0. The van der Waals surface area contributed by atoms with Crippen molar-refractivity contribution in [3.8, 4) is 0 Å². The molecule has 45 heavy (non-hydrogen) atoms. The van der Waals surface area contributed by atoms with Crippen molar-refractivity contribution in [2.75, 3.05) is 13.2 Å². The van der Waals surface area contributed by atoms with Gasteiger partial charge in [0.25, 0.3) is 0 Å². The summed E-state index contributed by atoms with van der Waals surface area (Å²) in [4.78, 5) is 23.9. The molecule has 0 spiro atoms. The second-order valence-corrected chi connectivity index (χ2v) is 12.5. The molecule has 0 saturated heterocycles. The molecule has 0 bridgehead atoms. The number of rotatable bonds is 33. The maximum Gasteiger partial charge on any atom is 0.305 e. The van der Waals surface area contributed by atoms with Crippen molar-refractivity contribution in [1.29, 1.82) is 0 Å². The van der Waals surface area contributed by atoms with Gasteiger partial charge in [-0.2, -0.15) is 0 Å². The molecule has 0 aromatic carbocycles. The molecule has 0 amide bonds. The number of aliphatic hydroxyl groups excluding tert-OH is 2. The van der Waals surface area contributed by atoms with E-state index >= 15 is 0 Å². The van der Waals surface area contributed by atoms with Crippen molar-refractivity contribution in [1.82, 2.24) is 0 Å². The Morgan fingerprint density at radius 1 is 0.556 bits per heavy atom. The Labute approximate surface area is 277 Å². The molecule has 6 heteroatoms. The van der Waals surface area contributed by atoms with Gasteiger partial charge in [-0.3, -0.25) is 9.59 Å². The van der Waals surface area contributed by atoms with Gasteiger partial charge in [0.05, 0.1) is 6.10 Å². The average molecular weight is 635 g/mol. The van der Waals surface area contributed by atoms with Crippen LogP contribution in [0.2, 0.25) is 0 Å². The molecule has 0 aliphatic carbocycles. The number of hydrogen-bond acceptors (Lipinski definition) is 6. The van der Waals surface area contributed by atoms with Crippen LogP contribution in [0.1, 0.15) is 174 Å². The highest BCUT2D eigenvalue weighted by molar-refractivity contribution is 5.69. The molecule has 262 valence electrons. The van der Waals surface area contributed by atoms with Gasteiger partial charge < -0.3 is 19.7 Å². The summed E-state index contributed by atoms with van der Waals surface area (Å²) in [7, 11) is 0. The summed E-state index contributed by atoms with van der Waals surface area (Å²) in [6.45, 7) is 4.07. The molecule has 0 aliphatic rings. The predicted molar refractivity (Wildman–Crippen MR) is 188 cm³/mol. The van der Waals surface area contributed by atoms with Crippen LogP contribution in [-0.2, 0) is 19.1 Å². The molecular weight excluding hydrogens is 564 g/mol. The van der Waals surface area contributed by atoms with Gasteiger partial charge in [0.1, 0.15) is 19.3 Å². The molecule has 6 nitrogen and oxygen atoms in total. The van der Waals surface area contributed by atoms with E-state index < -0.39 is 12.2 Å². The normalized spacial score (nSPS) is 13.2. The van der Waals surface area contributed by atoms with E-state index in [4.69, 9.17) is 9.47 Å². The number of carbonyl (C=O) groups is 2. The van der Waals surface area contributed by atoms with Crippen molar-refractivity contribution in [3.05, 3.63) is 36.5 Å². The number of carbonyl (C=O) groups excluding carboxylic acids is 2. The van der Waals surface area contributed by atoms with Crippen LogP contribution >= 0.6 is 0 Å². The fourth-order valence-electron chi connectivity index (χ4n) is 5.12. The monoisotopic (exact) mass is 635 g/mol. The SMILES string of the molecule is CC/C=C/CC(O)/C=C/C=C/CCCCCCCC(=O)OC[C@@H](O)COC(=O)CCCCCCCCCCCCCCCCC. The van der Waals surface area contributed by atoms with Crippen molar-refractivity contribution in [2.24, 2.45) is 0 Å². The lowest BCUT2D eigenvalue weighted by molar-refractivity contribution is -0.152. The number of unbranched alkanes of at least 4 members (excludes halogenated alkanes) is 19. The topological polar surface area (TPSA) is 93.1 Å². The Kier molecular flexibility index (Phi) is 33.5. The van der Waals surface area contributed by atoms with E-state index in [-0.39, 0.29) is 25.2 Å². The highest BCUT2D eigenvalue weighted by Crippen LogP contribution is 2.14. The lowest BCUT2D eigenvalue weighted by Gasteiger charge is -2.12. The van der Waals surface area contributed by atoms with E-state index in [1.165, 1.54) is 77.0 Å². The second kappa shape index (κ2) is 34.9. The minimum absolute atomic E-state index is 0.133. The maximum absolute atomic E-state index is 11.9. The summed E-state index contributed by atoms with van der Waals surface area (Å²) in [5, 5.41) is 19.8. The number of aliphatic hydroxyl groups is 2. The number of esters is 2. The van der Waals surface area contributed by atoms with Crippen LogP contribution in [0.3, 0.4) is 0 Å². The molecule has 0 aliphatic heterocycles. The van der Waals surface area contributed by atoms with Crippen LogP contribution < -0.4 is 0 Å². The molecule has 0 radical (unpaired) electrons. The van der Waals surface area contributed by atoms with Gasteiger partial charge in [0.15, 0.2) is 0 Å². The zero-order valence-corrected chi connectivity index (χ0v) is 29.2. The highest BCUT2D eigenvalue weighted by Gasteiger charge is 2.12. The van der Waals surface area contributed by atoms with E-state index in [1.54, 1.807) is 0 Å². The fraction of sp³-hybridized carbons (Fsp3) is 0.795. The quantitative estimate of drug-likeness (QED) is 0.0323. The van der Waals surface area contributed by atoms with Gasteiger partial charge in [-0.15, -0.1) is 0 Å². The second-order valence-electron chi connectivity index (χ2n) is 12.5. The van der Waals surface area contributed by atoms with Gasteiger partial charge in [-0.1, -0.05) is 159 Å². The van der Waals surface area contributed by atoms with Crippen molar-refractivity contribution < 1.29 is 29.3 Å². The van der Waals surface area contributed by atoms with E-state index in [9.17, 15) is 19.8 Å². The molecular formula is C39H70O6. The Balaban J connectivity index is 3.50. The molecule has 0 fully saturated rings. The summed E-state index contributed by atoms with van der Waals surface area (Å²) in [6, 6.07) is 0. The summed E-state index contributed by atoms with van der Waals surface area (Å²) < 4.78 is 10.3. The molecule has 0 heterocycles. The molecule has 0 saturated carbocycles. The highest BCUT2D eigenvalue weighted by atomic mass is 16.6. The van der Waals surface area contributed by atoms with Crippen LogP contribution in [0.5, 0.6) is 0 Å². The predicted octanol–water partition coefficient (Wildman–Crippen LogP) is 10.3. The number of allylic oxidation sites excluding steroid dienone is 4. The summed E-state index contributed by atoms with van der Waals surface area (Å²) >= 11 is 0. The first kappa shape index (κ1) is 43.1. The maximum atomic E-state index is 11.9. The van der Waals surface area contributed by atoms with Gasteiger partial charge >= 0.3 is 11.9 Å². The molecule has 1 unspecified atom stereocenters. The van der Waals surface area contributed by atoms with Crippen molar-refractivity contribution >= 4 is 11.9 Å². The molecule has 2 N–H and O–H groups in total. The Hall–Kier alpha value is -1.92. The van der Waals surface area contributed by atoms with E-state index in [0.29, 0.717) is 19.3 Å². The van der Waals surface area contributed by atoms with Gasteiger partial charge in [0, 0.05) is 12.8 Å².